The van der Waals surface area contributed by atoms with Crippen LogP contribution in [0.15, 0.2) is 58.1 Å². The molecule has 2 aromatic carbocycles. The molecule has 20 heavy (non-hydrogen) atoms. The number of pyridine rings is 2. The largest absolute Gasteiger partial charge is 0.321 e. The number of rotatable bonds is 0. The fraction of sp³-hybridized carbons (Fsp3) is 0. The zero-order valence-electron chi connectivity index (χ0n) is 10.4. The van der Waals surface area contributed by atoms with Crippen molar-refractivity contribution >= 4 is 32.6 Å². The Morgan fingerprint density at radius 2 is 1.05 bits per heavy atom. The first-order chi connectivity index (χ1) is 9.75. The molecular formula is C16H10N2O2. The average molecular weight is 262 g/mol. The normalized spacial score (nSPS) is 11.4. The third-order valence-corrected chi connectivity index (χ3v) is 3.59. The van der Waals surface area contributed by atoms with E-state index in [9.17, 15) is 9.59 Å². The summed E-state index contributed by atoms with van der Waals surface area (Å²) in [4.78, 5) is 29.9. The lowest BCUT2D eigenvalue weighted by molar-refractivity contribution is 1.29. The Labute approximate surface area is 112 Å². The van der Waals surface area contributed by atoms with Gasteiger partial charge < -0.3 is 9.97 Å². The predicted molar refractivity (Wildman–Crippen MR) is 80.2 cm³/mol. The van der Waals surface area contributed by atoms with Crippen molar-refractivity contribution in [2.24, 2.45) is 0 Å². The topological polar surface area (TPSA) is 65.7 Å². The molecule has 0 aliphatic carbocycles. The number of aromatic amines is 2. The number of H-pyrrole nitrogens is 2. The first kappa shape index (κ1) is 11.0. The van der Waals surface area contributed by atoms with Gasteiger partial charge in [0.05, 0.1) is 0 Å². The molecule has 0 spiro atoms. The molecule has 2 heterocycles. The molecule has 0 aliphatic rings. The van der Waals surface area contributed by atoms with Crippen LogP contribution in [0.1, 0.15) is 0 Å². The summed E-state index contributed by atoms with van der Waals surface area (Å²) in [6, 6.07) is 15.0. The van der Waals surface area contributed by atoms with Gasteiger partial charge in [0.2, 0.25) is 0 Å². The molecular weight excluding hydrogens is 252 g/mol. The minimum atomic E-state index is -0.356. The Kier molecular flexibility index (Phi) is 2.09. The van der Waals surface area contributed by atoms with Gasteiger partial charge in [-0.15, -0.1) is 0 Å². The van der Waals surface area contributed by atoms with E-state index in [1.165, 1.54) is 0 Å². The van der Waals surface area contributed by atoms with Crippen LogP contribution in [0.3, 0.4) is 0 Å². The molecule has 0 unspecified atom stereocenters. The SMILES string of the molecule is O=c1[nH]c2ccccc2c2c1c(=O)[nH]c1ccccc12. The van der Waals surface area contributed by atoms with Crippen LogP contribution in [0, 0.1) is 0 Å². The monoisotopic (exact) mass is 262 g/mol. The van der Waals surface area contributed by atoms with Crippen LogP contribution in [0.5, 0.6) is 0 Å². The molecule has 0 aliphatic heterocycles. The summed E-state index contributed by atoms with van der Waals surface area (Å²) in [6.07, 6.45) is 0. The minimum absolute atomic E-state index is 0.183. The third-order valence-electron chi connectivity index (χ3n) is 3.59. The van der Waals surface area contributed by atoms with Crippen molar-refractivity contribution in [2.45, 2.75) is 0 Å². The standard InChI is InChI=1S/C16H10N2O2/c19-15-14-13(9-5-1-3-7-11(9)17-15)10-6-2-4-8-12(10)18-16(14)20/h1-8H,(H,17,19)(H,18,20). The summed E-state index contributed by atoms with van der Waals surface area (Å²) < 4.78 is 0. The second-order valence-corrected chi connectivity index (χ2v) is 4.75. The fourth-order valence-corrected chi connectivity index (χ4v) is 2.73. The van der Waals surface area contributed by atoms with E-state index in [4.69, 9.17) is 0 Å². The highest BCUT2D eigenvalue weighted by molar-refractivity contribution is 6.17. The van der Waals surface area contributed by atoms with E-state index in [1.54, 1.807) is 0 Å². The second-order valence-electron chi connectivity index (χ2n) is 4.75. The molecule has 4 aromatic rings. The maximum absolute atomic E-state index is 12.2. The molecule has 4 heteroatoms. The number of aromatic nitrogens is 2. The van der Waals surface area contributed by atoms with Crippen molar-refractivity contribution in [3.05, 3.63) is 69.2 Å². The Balaban J connectivity index is 2.51. The van der Waals surface area contributed by atoms with Gasteiger partial charge in [0.1, 0.15) is 5.39 Å². The number of para-hydroxylation sites is 2. The summed E-state index contributed by atoms with van der Waals surface area (Å²) in [6.45, 7) is 0. The summed E-state index contributed by atoms with van der Waals surface area (Å²) in [5, 5.41) is 2.65. The molecule has 2 N–H and O–H groups in total. The predicted octanol–water partition coefficient (Wildman–Crippen LogP) is 2.52. The fourth-order valence-electron chi connectivity index (χ4n) is 2.73. The molecule has 96 valence electrons. The van der Waals surface area contributed by atoms with Crippen LogP contribution in [0.4, 0.5) is 0 Å². The zero-order chi connectivity index (χ0) is 13.7. The van der Waals surface area contributed by atoms with E-state index in [0.29, 0.717) is 5.39 Å². The van der Waals surface area contributed by atoms with Gasteiger partial charge in [0.25, 0.3) is 11.1 Å². The number of hydrogen-bond acceptors (Lipinski definition) is 2. The van der Waals surface area contributed by atoms with E-state index in [-0.39, 0.29) is 16.5 Å². The highest BCUT2D eigenvalue weighted by atomic mass is 16.1. The Hall–Kier alpha value is -2.88. The quantitative estimate of drug-likeness (QED) is 0.478. The van der Waals surface area contributed by atoms with E-state index in [1.807, 2.05) is 48.5 Å². The van der Waals surface area contributed by atoms with Crippen molar-refractivity contribution in [3.8, 4) is 0 Å². The lowest BCUT2D eigenvalue weighted by atomic mass is 10.0. The smallest absolute Gasteiger partial charge is 0.261 e. The van der Waals surface area contributed by atoms with E-state index >= 15 is 0 Å². The molecule has 2 aromatic heterocycles. The highest BCUT2D eigenvalue weighted by Crippen LogP contribution is 2.25. The first-order valence-electron chi connectivity index (χ1n) is 6.31. The molecule has 0 radical (unpaired) electrons. The zero-order valence-corrected chi connectivity index (χ0v) is 10.4. The van der Waals surface area contributed by atoms with Crippen molar-refractivity contribution in [1.82, 2.24) is 9.97 Å². The summed E-state index contributed by atoms with van der Waals surface area (Å²) >= 11 is 0. The Bertz CT molecular complexity index is 1010. The van der Waals surface area contributed by atoms with Gasteiger partial charge in [-0.2, -0.15) is 0 Å². The Morgan fingerprint density at radius 1 is 0.600 bits per heavy atom. The third kappa shape index (κ3) is 1.36. The minimum Gasteiger partial charge on any atom is -0.321 e. The van der Waals surface area contributed by atoms with Gasteiger partial charge in [0.15, 0.2) is 0 Å². The van der Waals surface area contributed by atoms with Crippen LogP contribution in [-0.2, 0) is 0 Å². The van der Waals surface area contributed by atoms with E-state index in [2.05, 4.69) is 9.97 Å². The van der Waals surface area contributed by atoms with Gasteiger partial charge in [-0.3, -0.25) is 9.59 Å². The molecule has 0 amide bonds. The van der Waals surface area contributed by atoms with Crippen molar-refractivity contribution in [3.63, 3.8) is 0 Å². The molecule has 0 saturated heterocycles. The van der Waals surface area contributed by atoms with Crippen LogP contribution >= 0.6 is 0 Å². The van der Waals surface area contributed by atoms with Crippen molar-refractivity contribution < 1.29 is 0 Å². The number of fused-ring (bicyclic) bond motifs is 5. The van der Waals surface area contributed by atoms with Crippen LogP contribution in [0.25, 0.3) is 32.6 Å². The highest BCUT2D eigenvalue weighted by Gasteiger charge is 2.11. The molecule has 0 atom stereocenters. The van der Waals surface area contributed by atoms with Gasteiger partial charge >= 0.3 is 0 Å². The summed E-state index contributed by atoms with van der Waals surface area (Å²) in [7, 11) is 0. The number of benzene rings is 2. The molecule has 0 bridgehead atoms. The summed E-state index contributed by atoms with van der Waals surface area (Å²) in [5.41, 5.74) is 0.762. The second kappa shape index (κ2) is 3.81. The lowest BCUT2D eigenvalue weighted by Gasteiger charge is -2.06. The molecule has 4 nitrogen and oxygen atoms in total. The number of hydrogen-bond donors (Lipinski definition) is 2. The van der Waals surface area contributed by atoms with Crippen LogP contribution in [0.2, 0.25) is 0 Å². The van der Waals surface area contributed by atoms with Crippen LogP contribution < -0.4 is 11.1 Å². The van der Waals surface area contributed by atoms with Crippen molar-refractivity contribution in [1.29, 1.82) is 0 Å². The maximum Gasteiger partial charge on any atom is 0.261 e. The molecule has 4 rings (SSSR count). The van der Waals surface area contributed by atoms with Crippen molar-refractivity contribution in [2.75, 3.05) is 0 Å². The maximum atomic E-state index is 12.2. The Morgan fingerprint density at radius 3 is 1.55 bits per heavy atom. The van der Waals surface area contributed by atoms with Gasteiger partial charge in [-0.1, -0.05) is 36.4 Å². The summed E-state index contributed by atoms with van der Waals surface area (Å²) in [5.74, 6) is 0. The molecule has 0 fully saturated rings. The van der Waals surface area contributed by atoms with Gasteiger partial charge in [-0.25, -0.2) is 0 Å². The van der Waals surface area contributed by atoms with E-state index in [0.717, 1.165) is 21.8 Å². The van der Waals surface area contributed by atoms with Gasteiger partial charge in [0, 0.05) is 27.2 Å². The van der Waals surface area contributed by atoms with Crippen LogP contribution in [-0.4, -0.2) is 9.97 Å². The lowest BCUT2D eigenvalue weighted by Crippen LogP contribution is -2.18. The van der Waals surface area contributed by atoms with E-state index < -0.39 is 0 Å². The first-order valence-corrected chi connectivity index (χ1v) is 6.31. The number of nitrogens with one attached hydrogen (secondary N) is 2. The average Bonchev–Trinajstić information content (AvgIpc) is 2.46. The van der Waals surface area contributed by atoms with Gasteiger partial charge in [-0.05, 0) is 12.1 Å². The molecule has 0 saturated carbocycles.